The van der Waals surface area contributed by atoms with Crippen molar-refractivity contribution >= 4 is 55.2 Å². The molecule has 48 valence electrons. The number of alkyl halides is 1. The first-order chi connectivity index (χ1) is 3.81. The second-order valence-electron chi connectivity index (χ2n) is 0.951. The van der Waals surface area contributed by atoms with E-state index in [-0.39, 0.29) is 0 Å². The van der Waals surface area contributed by atoms with Crippen LogP contribution in [0.25, 0.3) is 0 Å². The molecule has 0 aromatic rings. The van der Waals surface area contributed by atoms with Crippen molar-refractivity contribution in [3.63, 3.8) is 0 Å². The maximum Gasteiger partial charge on any atom is 0.0804 e. The van der Waals surface area contributed by atoms with Gasteiger partial charge in [-0.15, -0.1) is 11.8 Å². The van der Waals surface area contributed by atoms with Gasteiger partial charge < -0.3 is 0 Å². The number of hydrogen-bond acceptors (Lipinski definition) is 1. The molecule has 0 fully saturated rings. The quantitative estimate of drug-likeness (QED) is 0.713. The van der Waals surface area contributed by atoms with Crippen LogP contribution in [0.4, 0.5) is 0 Å². The van der Waals surface area contributed by atoms with Crippen molar-refractivity contribution in [1.82, 2.24) is 0 Å². The molecule has 0 bridgehead atoms. The molecule has 0 N–H and O–H groups in total. The van der Waals surface area contributed by atoms with Crippen molar-refractivity contribution in [3.8, 4) is 0 Å². The van der Waals surface area contributed by atoms with Gasteiger partial charge in [0.2, 0.25) is 0 Å². The second kappa shape index (κ2) is 6.46. The molecule has 0 heterocycles. The third kappa shape index (κ3) is 5.48. The molecule has 0 aromatic heterocycles. The summed E-state index contributed by atoms with van der Waals surface area (Å²) in [5.74, 6) is 1.01. The lowest BCUT2D eigenvalue weighted by Crippen LogP contribution is -1.74. The summed E-state index contributed by atoms with van der Waals surface area (Å²) in [6.07, 6.45) is 0. The number of thioether (sulfide) groups is 1. The number of halogens is 3. The Morgan fingerprint density at radius 2 is 2.38 bits per heavy atom. The van der Waals surface area contributed by atoms with Gasteiger partial charge in [-0.25, -0.2) is 0 Å². The van der Waals surface area contributed by atoms with Gasteiger partial charge in [0.1, 0.15) is 0 Å². The molecule has 0 unspecified atom stereocenters. The van der Waals surface area contributed by atoms with Crippen LogP contribution in [-0.4, -0.2) is 11.1 Å². The maximum absolute atomic E-state index is 5.60. The van der Waals surface area contributed by atoms with Gasteiger partial charge in [-0.1, -0.05) is 43.5 Å². The molecule has 0 saturated heterocycles. The van der Waals surface area contributed by atoms with E-state index in [2.05, 4.69) is 31.9 Å². The lowest BCUT2D eigenvalue weighted by Gasteiger charge is -1.90. The zero-order valence-electron chi connectivity index (χ0n) is 4.03. The summed E-state index contributed by atoms with van der Waals surface area (Å²) in [7, 11) is 0. The van der Waals surface area contributed by atoms with Crippen molar-refractivity contribution in [2.24, 2.45) is 0 Å². The van der Waals surface area contributed by atoms with E-state index in [4.69, 9.17) is 11.6 Å². The first-order valence-corrected chi connectivity index (χ1v) is 5.36. The van der Waals surface area contributed by atoms with E-state index in [9.17, 15) is 0 Å². The monoisotopic (exact) mass is 278 g/mol. The summed E-state index contributed by atoms with van der Waals surface area (Å²) < 4.78 is 0.796. The first kappa shape index (κ1) is 9.34. The van der Waals surface area contributed by atoms with Crippen molar-refractivity contribution in [2.75, 3.05) is 11.1 Å². The summed E-state index contributed by atoms with van der Waals surface area (Å²) in [5, 5.41) is 0.981. The van der Waals surface area contributed by atoms with Gasteiger partial charge in [-0.2, -0.15) is 0 Å². The normalized spacial score (nSPS) is 12.1. The molecule has 0 spiro atoms. The summed E-state index contributed by atoms with van der Waals surface area (Å²) in [5.41, 5.74) is 0. The third-order valence-corrected chi connectivity index (χ3v) is 3.59. The van der Waals surface area contributed by atoms with Crippen LogP contribution in [0.1, 0.15) is 0 Å². The van der Waals surface area contributed by atoms with E-state index in [1.54, 1.807) is 16.7 Å². The molecule has 0 amide bonds. The van der Waals surface area contributed by atoms with Gasteiger partial charge in [-0.05, 0) is 0 Å². The van der Waals surface area contributed by atoms with E-state index in [1.165, 1.54) is 0 Å². The predicted molar refractivity (Wildman–Crippen MR) is 49.1 cm³/mol. The largest absolute Gasteiger partial charge is 0.113 e. The maximum atomic E-state index is 5.60. The molecule has 0 rings (SSSR count). The van der Waals surface area contributed by atoms with Crippen LogP contribution in [0.5, 0.6) is 0 Å². The van der Waals surface area contributed by atoms with Crippen LogP contribution >= 0.6 is 55.2 Å². The highest BCUT2D eigenvalue weighted by Gasteiger charge is 1.88. The smallest absolute Gasteiger partial charge is 0.0804 e. The first-order valence-electron chi connectivity index (χ1n) is 1.96. The van der Waals surface area contributed by atoms with Crippen LogP contribution in [0, 0.1) is 0 Å². The minimum absolute atomic E-state index is 0.796. The Bertz CT molecular complexity index is 84.1. The van der Waals surface area contributed by atoms with Crippen molar-refractivity contribution < 1.29 is 0 Å². The van der Waals surface area contributed by atoms with Crippen LogP contribution in [0.3, 0.4) is 0 Å². The van der Waals surface area contributed by atoms with Crippen molar-refractivity contribution in [1.29, 1.82) is 0 Å². The predicted octanol–water partition coefficient (Wildman–Crippen LogP) is 3.55. The molecule has 0 aromatic carbocycles. The van der Waals surface area contributed by atoms with Gasteiger partial charge >= 0.3 is 0 Å². The van der Waals surface area contributed by atoms with E-state index in [0.717, 1.165) is 15.4 Å². The van der Waals surface area contributed by atoms with Gasteiger partial charge in [0, 0.05) is 16.1 Å². The standard InChI is InChI=1S/C4H5Br2ClS/c5-1-2-8-4(7)3-6/h3H,1-2H2/b4-3-. The molecule has 0 atom stereocenters. The fraction of sp³-hybridized carbons (Fsp3) is 0.500. The third-order valence-electron chi connectivity index (χ3n) is 0.403. The van der Waals surface area contributed by atoms with E-state index in [1.807, 2.05) is 0 Å². The minimum Gasteiger partial charge on any atom is -0.113 e. The second-order valence-corrected chi connectivity index (χ2v) is 3.97. The molecule has 0 nitrogen and oxygen atoms in total. The molecule has 0 aliphatic heterocycles. The van der Waals surface area contributed by atoms with Gasteiger partial charge in [0.25, 0.3) is 0 Å². The summed E-state index contributed by atoms with van der Waals surface area (Å²) in [6.45, 7) is 0. The average Bonchev–Trinajstić information content (AvgIpc) is 1.83. The minimum atomic E-state index is 0.796. The van der Waals surface area contributed by atoms with Crippen LogP contribution in [-0.2, 0) is 0 Å². The Kier molecular flexibility index (Phi) is 7.54. The van der Waals surface area contributed by atoms with E-state index in [0.29, 0.717) is 0 Å². The van der Waals surface area contributed by atoms with Crippen molar-refractivity contribution in [3.05, 3.63) is 9.35 Å². The molecular weight excluding hydrogens is 275 g/mol. The highest BCUT2D eigenvalue weighted by Crippen LogP contribution is 2.20. The van der Waals surface area contributed by atoms with Crippen molar-refractivity contribution in [2.45, 2.75) is 0 Å². The summed E-state index contributed by atoms with van der Waals surface area (Å²) in [4.78, 5) is 1.71. The summed E-state index contributed by atoms with van der Waals surface area (Å²) >= 11 is 13.6. The Hall–Kier alpha value is 1.34. The highest BCUT2D eigenvalue weighted by atomic mass is 79.9. The highest BCUT2D eigenvalue weighted by molar-refractivity contribution is 9.11. The average molecular weight is 280 g/mol. The molecular formula is C4H5Br2ClS. The van der Waals surface area contributed by atoms with Gasteiger partial charge in [-0.3, -0.25) is 0 Å². The molecule has 0 radical (unpaired) electrons. The SMILES string of the molecule is Cl/C(=C/Br)SCCBr. The number of hydrogen-bond donors (Lipinski definition) is 0. The van der Waals surface area contributed by atoms with Crippen LogP contribution < -0.4 is 0 Å². The van der Waals surface area contributed by atoms with Gasteiger partial charge in [0.05, 0.1) is 4.36 Å². The van der Waals surface area contributed by atoms with Gasteiger partial charge in [0.15, 0.2) is 0 Å². The topological polar surface area (TPSA) is 0 Å². The Balaban J connectivity index is 3.12. The Labute approximate surface area is 75.3 Å². The van der Waals surface area contributed by atoms with E-state index >= 15 is 0 Å². The number of rotatable bonds is 3. The Morgan fingerprint density at radius 1 is 1.75 bits per heavy atom. The van der Waals surface area contributed by atoms with Crippen LogP contribution in [0.2, 0.25) is 0 Å². The molecule has 0 aliphatic carbocycles. The lowest BCUT2D eigenvalue weighted by molar-refractivity contribution is 1.59. The molecule has 4 heteroatoms. The Morgan fingerprint density at radius 3 is 2.75 bits per heavy atom. The lowest BCUT2D eigenvalue weighted by atomic mass is 11.0. The molecule has 8 heavy (non-hydrogen) atoms. The summed E-state index contributed by atoms with van der Waals surface area (Å²) in [6, 6.07) is 0. The van der Waals surface area contributed by atoms with E-state index < -0.39 is 0 Å². The van der Waals surface area contributed by atoms with Crippen LogP contribution in [0.15, 0.2) is 9.35 Å². The fourth-order valence-corrected chi connectivity index (χ4v) is 1.62. The molecule has 0 saturated carbocycles. The zero-order chi connectivity index (χ0) is 6.41. The molecule has 0 aliphatic rings. The zero-order valence-corrected chi connectivity index (χ0v) is 8.78. The fourth-order valence-electron chi connectivity index (χ4n) is 0.168.